The van der Waals surface area contributed by atoms with Crippen molar-refractivity contribution in [1.29, 1.82) is 0 Å². The fourth-order valence-electron chi connectivity index (χ4n) is 3.15. The number of benzene rings is 2. The van der Waals surface area contributed by atoms with Gasteiger partial charge in [-0.2, -0.15) is 0 Å². The van der Waals surface area contributed by atoms with Crippen molar-refractivity contribution in [2.75, 3.05) is 20.6 Å². The third-order valence-corrected chi connectivity index (χ3v) is 7.13. The molecule has 4 aromatic rings. The van der Waals surface area contributed by atoms with Crippen molar-refractivity contribution in [3.8, 4) is 0 Å². The lowest BCUT2D eigenvalue weighted by Gasteiger charge is -2.24. The summed E-state index contributed by atoms with van der Waals surface area (Å²) < 4.78 is 2.35. The highest BCUT2D eigenvalue weighted by molar-refractivity contribution is 7.18. The van der Waals surface area contributed by atoms with Crippen LogP contribution in [0.3, 0.4) is 0 Å². The van der Waals surface area contributed by atoms with Crippen LogP contribution in [-0.2, 0) is 11.3 Å². The quantitative estimate of drug-likeness (QED) is 0.530. The van der Waals surface area contributed by atoms with Gasteiger partial charge in [0.15, 0.2) is 6.54 Å². The van der Waals surface area contributed by atoms with Crippen LogP contribution in [0.15, 0.2) is 48.5 Å². The number of quaternary nitrogens is 1. The van der Waals surface area contributed by atoms with Gasteiger partial charge < -0.3 is 9.80 Å². The third kappa shape index (κ3) is 3.92. The summed E-state index contributed by atoms with van der Waals surface area (Å²) in [5, 5.41) is 2.04. The zero-order valence-corrected chi connectivity index (χ0v) is 17.8. The van der Waals surface area contributed by atoms with E-state index in [9.17, 15) is 4.79 Å². The highest BCUT2D eigenvalue weighted by atomic mass is 32.1. The first-order valence-electron chi connectivity index (χ1n) is 9.28. The molecule has 0 aliphatic carbocycles. The van der Waals surface area contributed by atoms with Crippen molar-refractivity contribution in [3.63, 3.8) is 0 Å². The molecule has 2 aromatic heterocycles. The molecule has 28 heavy (non-hydrogen) atoms. The van der Waals surface area contributed by atoms with E-state index in [2.05, 4.69) is 17.1 Å². The Morgan fingerprint density at radius 2 is 1.64 bits per heavy atom. The van der Waals surface area contributed by atoms with Crippen molar-refractivity contribution >= 4 is 49.0 Å². The van der Waals surface area contributed by atoms with Crippen LogP contribution in [0.5, 0.6) is 0 Å². The number of fused-ring (bicyclic) bond motifs is 2. The summed E-state index contributed by atoms with van der Waals surface area (Å²) in [5.41, 5.74) is 2.02. The standard InChI is InChI=1S/C21H22N4OS2/c1-14(21-23-16-9-5-7-11-18(16)28-21)25(3)20(26)13-24(2)12-19-22-15-8-4-6-10-17(15)27-19/h4-11,14H,12-13H2,1-3H3/p+1/t14-/m1/s1. The van der Waals surface area contributed by atoms with Gasteiger partial charge in [0.25, 0.3) is 5.91 Å². The summed E-state index contributed by atoms with van der Waals surface area (Å²) in [4.78, 5) is 25.1. The second-order valence-corrected chi connectivity index (χ2v) is 9.26. The molecular weight excluding hydrogens is 388 g/mol. The zero-order chi connectivity index (χ0) is 19.7. The number of hydrogen-bond donors (Lipinski definition) is 1. The Bertz CT molecular complexity index is 1050. The van der Waals surface area contributed by atoms with E-state index in [0.29, 0.717) is 6.54 Å². The van der Waals surface area contributed by atoms with Crippen LogP contribution >= 0.6 is 22.7 Å². The average Bonchev–Trinajstić information content (AvgIpc) is 3.29. The molecule has 0 aliphatic heterocycles. The van der Waals surface area contributed by atoms with E-state index in [-0.39, 0.29) is 11.9 Å². The largest absolute Gasteiger partial charge is 0.332 e. The molecule has 0 spiro atoms. The maximum absolute atomic E-state index is 12.8. The van der Waals surface area contributed by atoms with E-state index in [0.717, 1.165) is 37.2 Å². The van der Waals surface area contributed by atoms with Crippen LogP contribution in [0.1, 0.15) is 23.0 Å². The van der Waals surface area contributed by atoms with Crippen LogP contribution in [0, 0.1) is 0 Å². The average molecular weight is 412 g/mol. The minimum Gasteiger partial charge on any atom is -0.332 e. The number of rotatable bonds is 6. The SMILES string of the molecule is C[C@H](c1nc2ccccc2s1)N(C)C(=O)C[NH+](C)Cc1nc2ccccc2s1. The van der Waals surface area contributed by atoms with E-state index in [1.165, 1.54) is 4.70 Å². The lowest BCUT2D eigenvalue weighted by molar-refractivity contribution is -0.885. The van der Waals surface area contributed by atoms with Gasteiger partial charge in [-0.05, 0) is 31.2 Å². The van der Waals surface area contributed by atoms with E-state index in [1.54, 1.807) is 27.6 Å². The topological polar surface area (TPSA) is 50.5 Å². The normalized spacial score (nSPS) is 13.7. The van der Waals surface area contributed by atoms with Crippen molar-refractivity contribution in [2.24, 2.45) is 0 Å². The first kappa shape index (κ1) is 19.0. The van der Waals surface area contributed by atoms with E-state index in [1.807, 2.05) is 57.4 Å². The minimum absolute atomic E-state index is 0.0415. The van der Waals surface area contributed by atoms with Gasteiger partial charge in [-0.25, -0.2) is 9.97 Å². The molecule has 0 saturated heterocycles. The number of amides is 1. The maximum atomic E-state index is 12.8. The Hall–Kier alpha value is -2.35. The number of aromatic nitrogens is 2. The number of carbonyl (C=O) groups is 1. The molecule has 0 radical (unpaired) electrons. The van der Waals surface area contributed by atoms with E-state index >= 15 is 0 Å². The van der Waals surface area contributed by atoms with Crippen LogP contribution in [0.25, 0.3) is 20.4 Å². The zero-order valence-electron chi connectivity index (χ0n) is 16.2. The van der Waals surface area contributed by atoms with Crippen LogP contribution in [-0.4, -0.2) is 41.4 Å². The molecule has 144 valence electrons. The van der Waals surface area contributed by atoms with Crippen LogP contribution in [0.4, 0.5) is 0 Å². The number of carbonyl (C=O) groups excluding carboxylic acids is 1. The Kier molecular flexibility index (Phi) is 5.39. The third-order valence-electron chi connectivity index (χ3n) is 4.89. The van der Waals surface area contributed by atoms with Gasteiger partial charge in [0.1, 0.15) is 16.6 Å². The lowest BCUT2D eigenvalue weighted by atomic mass is 10.3. The van der Waals surface area contributed by atoms with Gasteiger partial charge in [0, 0.05) is 7.05 Å². The summed E-state index contributed by atoms with van der Waals surface area (Å²) in [7, 11) is 3.91. The Labute approximate surface area is 172 Å². The van der Waals surface area contributed by atoms with Gasteiger partial charge in [0.2, 0.25) is 0 Å². The molecule has 4 rings (SSSR count). The lowest BCUT2D eigenvalue weighted by Crippen LogP contribution is -3.08. The van der Waals surface area contributed by atoms with Gasteiger partial charge in [0.05, 0.1) is 33.5 Å². The molecule has 2 aromatic carbocycles. The summed E-state index contributed by atoms with van der Waals surface area (Å²) in [5.74, 6) is 0.116. The fraction of sp³-hybridized carbons (Fsp3) is 0.286. The van der Waals surface area contributed by atoms with Gasteiger partial charge in [-0.15, -0.1) is 22.7 Å². The molecule has 0 aliphatic rings. The first-order valence-corrected chi connectivity index (χ1v) is 10.9. The monoisotopic (exact) mass is 411 g/mol. The van der Waals surface area contributed by atoms with Crippen LogP contribution < -0.4 is 4.90 Å². The highest BCUT2D eigenvalue weighted by Crippen LogP contribution is 2.28. The number of likely N-dealkylation sites (N-methyl/N-ethyl adjacent to an activating group) is 2. The van der Waals surface area contributed by atoms with Gasteiger partial charge in [-0.1, -0.05) is 24.3 Å². The molecule has 5 nitrogen and oxygen atoms in total. The number of thiazole rings is 2. The van der Waals surface area contributed by atoms with Crippen LogP contribution in [0.2, 0.25) is 0 Å². The van der Waals surface area contributed by atoms with Gasteiger partial charge >= 0.3 is 0 Å². The fourth-order valence-corrected chi connectivity index (χ4v) is 5.29. The number of hydrogen-bond acceptors (Lipinski definition) is 5. The molecule has 0 fully saturated rings. The number of para-hydroxylation sites is 2. The van der Waals surface area contributed by atoms with Crippen molar-refractivity contribution in [1.82, 2.24) is 14.9 Å². The number of nitrogens with zero attached hydrogens (tertiary/aromatic N) is 3. The van der Waals surface area contributed by atoms with Crippen molar-refractivity contribution < 1.29 is 9.69 Å². The molecule has 2 heterocycles. The summed E-state index contributed by atoms with van der Waals surface area (Å²) in [6.07, 6.45) is 0. The smallest absolute Gasteiger partial charge is 0.278 e. The minimum atomic E-state index is -0.0415. The molecule has 1 N–H and O–H groups in total. The predicted molar refractivity (Wildman–Crippen MR) is 116 cm³/mol. The first-order chi connectivity index (χ1) is 13.5. The summed E-state index contributed by atoms with van der Waals surface area (Å²) in [6, 6.07) is 16.2. The summed E-state index contributed by atoms with van der Waals surface area (Å²) >= 11 is 3.36. The molecule has 1 amide bonds. The highest BCUT2D eigenvalue weighted by Gasteiger charge is 2.23. The molecule has 7 heteroatoms. The predicted octanol–water partition coefficient (Wildman–Crippen LogP) is 3.14. The van der Waals surface area contributed by atoms with Gasteiger partial charge in [-0.3, -0.25) is 4.79 Å². The molecule has 1 unspecified atom stereocenters. The molecule has 2 atom stereocenters. The second-order valence-electron chi connectivity index (χ2n) is 7.09. The Morgan fingerprint density at radius 3 is 2.29 bits per heavy atom. The maximum Gasteiger partial charge on any atom is 0.278 e. The molecule has 0 bridgehead atoms. The van der Waals surface area contributed by atoms with E-state index in [4.69, 9.17) is 4.98 Å². The van der Waals surface area contributed by atoms with Crippen molar-refractivity contribution in [3.05, 3.63) is 58.5 Å². The van der Waals surface area contributed by atoms with Crippen molar-refractivity contribution in [2.45, 2.75) is 19.5 Å². The summed E-state index contributed by atoms with van der Waals surface area (Å²) in [6.45, 7) is 3.22. The van der Waals surface area contributed by atoms with E-state index < -0.39 is 0 Å². The molecule has 0 saturated carbocycles. The second kappa shape index (κ2) is 7.95. The Morgan fingerprint density at radius 1 is 1.04 bits per heavy atom. The molecular formula is C21H23N4OS2+. The Balaban J connectivity index is 1.40. The number of nitrogens with one attached hydrogen (secondary N) is 1.